The molecule has 0 bridgehead atoms. The molecule has 0 saturated heterocycles. The summed E-state index contributed by atoms with van der Waals surface area (Å²) in [6, 6.07) is 6.13. The van der Waals surface area contributed by atoms with Gasteiger partial charge in [-0.3, -0.25) is 10.1 Å². The fourth-order valence-corrected chi connectivity index (χ4v) is 2.17. The number of aromatic nitrogens is 2. The number of hydrogen-bond acceptors (Lipinski definition) is 4. The number of benzene rings is 2. The van der Waals surface area contributed by atoms with Gasteiger partial charge < -0.3 is 4.42 Å². The highest BCUT2D eigenvalue weighted by molar-refractivity contribution is 6.34. The Bertz CT molecular complexity index is 910. The minimum atomic E-state index is -0.909. The lowest BCUT2D eigenvalue weighted by atomic mass is 10.2. The predicted molar refractivity (Wildman–Crippen MR) is 79.0 cm³/mol. The van der Waals surface area contributed by atoms with E-state index in [-0.39, 0.29) is 16.5 Å². The van der Waals surface area contributed by atoms with Crippen LogP contribution in [-0.2, 0) is 0 Å². The first-order chi connectivity index (χ1) is 11.5. The van der Waals surface area contributed by atoms with E-state index in [0.29, 0.717) is 6.07 Å². The van der Waals surface area contributed by atoms with Crippen LogP contribution in [0.5, 0.6) is 0 Å². The Morgan fingerprint density at radius 2 is 1.88 bits per heavy atom. The number of carbonyl (C=O) groups is 1. The highest BCUT2D eigenvalue weighted by Gasteiger charge is 2.19. The van der Waals surface area contributed by atoms with Crippen LogP contribution in [0.25, 0.3) is 11.5 Å². The molecule has 0 aliphatic carbocycles. The molecular weight excluding hydrogens is 347 g/mol. The van der Waals surface area contributed by atoms with Gasteiger partial charge in [-0.2, -0.15) is 0 Å². The van der Waals surface area contributed by atoms with Gasteiger partial charge in [-0.05, 0) is 24.3 Å². The molecule has 122 valence electrons. The Labute approximate surface area is 138 Å². The molecule has 1 aromatic heterocycles. The maximum Gasteiger partial charge on any atom is 0.322 e. The summed E-state index contributed by atoms with van der Waals surface area (Å²) in [7, 11) is 0. The maximum absolute atomic E-state index is 13.7. The van der Waals surface area contributed by atoms with Crippen LogP contribution in [-0.4, -0.2) is 16.1 Å². The van der Waals surface area contributed by atoms with Gasteiger partial charge in [0.1, 0.15) is 17.5 Å². The molecule has 1 heterocycles. The van der Waals surface area contributed by atoms with Crippen LogP contribution in [0.3, 0.4) is 0 Å². The molecule has 1 amide bonds. The molecular formula is C15H7ClF3N3O2. The van der Waals surface area contributed by atoms with Crippen molar-refractivity contribution in [3.63, 3.8) is 0 Å². The molecule has 0 atom stereocenters. The van der Waals surface area contributed by atoms with Gasteiger partial charge in [-0.15, -0.1) is 5.10 Å². The van der Waals surface area contributed by atoms with Gasteiger partial charge in [0, 0.05) is 6.07 Å². The summed E-state index contributed by atoms with van der Waals surface area (Å²) < 4.78 is 45.3. The third kappa shape index (κ3) is 3.09. The third-order valence-electron chi connectivity index (χ3n) is 3.00. The zero-order chi connectivity index (χ0) is 17.3. The van der Waals surface area contributed by atoms with Crippen LogP contribution in [0.15, 0.2) is 40.8 Å². The Hall–Kier alpha value is -2.87. The molecule has 1 N–H and O–H groups in total. The summed E-state index contributed by atoms with van der Waals surface area (Å²) in [5.74, 6) is -3.69. The molecule has 0 spiro atoms. The smallest absolute Gasteiger partial charge is 0.322 e. The van der Waals surface area contributed by atoms with E-state index in [9.17, 15) is 18.0 Å². The van der Waals surface area contributed by atoms with Crippen LogP contribution < -0.4 is 5.32 Å². The van der Waals surface area contributed by atoms with Crippen LogP contribution in [0.1, 0.15) is 10.4 Å². The monoisotopic (exact) mass is 353 g/mol. The molecule has 24 heavy (non-hydrogen) atoms. The van der Waals surface area contributed by atoms with E-state index in [0.717, 1.165) is 18.2 Å². The van der Waals surface area contributed by atoms with Crippen LogP contribution >= 0.6 is 11.6 Å². The van der Waals surface area contributed by atoms with E-state index < -0.39 is 34.9 Å². The Morgan fingerprint density at radius 3 is 2.58 bits per heavy atom. The zero-order valence-corrected chi connectivity index (χ0v) is 12.4. The number of anilines is 1. The zero-order valence-electron chi connectivity index (χ0n) is 11.7. The molecule has 3 aromatic rings. The Kier molecular flexibility index (Phi) is 4.22. The number of halogens is 4. The lowest BCUT2D eigenvalue weighted by Crippen LogP contribution is -2.14. The van der Waals surface area contributed by atoms with E-state index in [1.165, 1.54) is 12.1 Å². The van der Waals surface area contributed by atoms with E-state index in [4.69, 9.17) is 16.0 Å². The van der Waals surface area contributed by atoms with Crippen molar-refractivity contribution in [3.05, 3.63) is 64.4 Å². The van der Waals surface area contributed by atoms with Crippen molar-refractivity contribution in [1.82, 2.24) is 10.2 Å². The first-order valence-electron chi connectivity index (χ1n) is 6.50. The second-order valence-electron chi connectivity index (χ2n) is 4.59. The highest BCUT2D eigenvalue weighted by atomic mass is 35.5. The third-order valence-corrected chi connectivity index (χ3v) is 3.31. The van der Waals surface area contributed by atoms with Crippen molar-refractivity contribution in [1.29, 1.82) is 0 Å². The highest BCUT2D eigenvalue weighted by Crippen LogP contribution is 2.25. The molecule has 9 heteroatoms. The number of carbonyl (C=O) groups excluding carboxylic acids is 1. The molecule has 3 rings (SSSR count). The molecule has 0 radical (unpaired) electrons. The SMILES string of the molecule is O=C(Nc1nnc(-c2ccc(F)cc2F)o1)c1c(F)cccc1Cl. The van der Waals surface area contributed by atoms with Crippen molar-refractivity contribution >= 4 is 23.5 Å². The number of rotatable bonds is 3. The Balaban J connectivity index is 1.85. The lowest BCUT2D eigenvalue weighted by Gasteiger charge is -2.04. The van der Waals surface area contributed by atoms with Crippen LogP contribution in [0.4, 0.5) is 19.2 Å². The molecule has 2 aromatic carbocycles. The number of nitrogens with zero attached hydrogens (tertiary/aromatic N) is 2. The van der Waals surface area contributed by atoms with E-state index in [2.05, 4.69) is 15.5 Å². The fourth-order valence-electron chi connectivity index (χ4n) is 1.92. The topological polar surface area (TPSA) is 68.0 Å². The standard InChI is InChI=1S/C15H7ClF3N3O2/c16-9-2-1-3-10(18)12(9)13(23)20-15-22-21-14(24-15)8-5-4-7(17)6-11(8)19/h1-6H,(H,20,22,23). The van der Waals surface area contributed by atoms with Crippen molar-refractivity contribution in [2.24, 2.45) is 0 Å². The van der Waals surface area contributed by atoms with Crippen molar-refractivity contribution in [3.8, 4) is 11.5 Å². The van der Waals surface area contributed by atoms with Crippen molar-refractivity contribution in [2.45, 2.75) is 0 Å². The molecule has 0 fully saturated rings. The molecule has 0 aliphatic rings. The first kappa shape index (κ1) is 16.0. The summed E-state index contributed by atoms with van der Waals surface area (Å²) in [5.41, 5.74) is -0.541. The van der Waals surface area contributed by atoms with E-state index in [1.807, 2.05) is 0 Å². The van der Waals surface area contributed by atoms with E-state index >= 15 is 0 Å². The van der Waals surface area contributed by atoms with Gasteiger partial charge >= 0.3 is 6.01 Å². The lowest BCUT2D eigenvalue weighted by molar-refractivity contribution is 0.102. The summed E-state index contributed by atoms with van der Waals surface area (Å²) in [4.78, 5) is 12.0. The molecule has 0 aliphatic heterocycles. The average molecular weight is 354 g/mol. The largest absolute Gasteiger partial charge is 0.403 e. The number of hydrogen-bond donors (Lipinski definition) is 1. The van der Waals surface area contributed by atoms with Gasteiger partial charge in [0.25, 0.3) is 11.8 Å². The van der Waals surface area contributed by atoms with Crippen molar-refractivity contribution in [2.75, 3.05) is 5.32 Å². The van der Waals surface area contributed by atoms with Gasteiger partial charge in [0.2, 0.25) is 0 Å². The van der Waals surface area contributed by atoms with Gasteiger partial charge in [-0.1, -0.05) is 22.8 Å². The second-order valence-corrected chi connectivity index (χ2v) is 4.99. The molecule has 5 nitrogen and oxygen atoms in total. The maximum atomic E-state index is 13.7. The quantitative estimate of drug-likeness (QED) is 0.771. The van der Waals surface area contributed by atoms with Gasteiger partial charge in [0.15, 0.2) is 0 Å². The summed E-state index contributed by atoms with van der Waals surface area (Å²) in [6.07, 6.45) is 0. The number of nitrogens with one attached hydrogen (secondary N) is 1. The van der Waals surface area contributed by atoms with Crippen molar-refractivity contribution < 1.29 is 22.4 Å². The predicted octanol–water partition coefficient (Wildman–Crippen LogP) is 4.06. The minimum Gasteiger partial charge on any atom is -0.403 e. The van der Waals surface area contributed by atoms with Crippen LogP contribution in [0, 0.1) is 17.5 Å². The molecule has 0 unspecified atom stereocenters. The fraction of sp³-hybridized carbons (Fsp3) is 0. The minimum absolute atomic E-state index is 0.100. The second kappa shape index (κ2) is 6.32. The van der Waals surface area contributed by atoms with Gasteiger partial charge in [0.05, 0.1) is 16.1 Å². The number of amides is 1. The van der Waals surface area contributed by atoms with E-state index in [1.54, 1.807) is 0 Å². The molecule has 0 saturated carbocycles. The summed E-state index contributed by atoms with van der Waals surface area (Å²) in [5, 5.41) is 9.11. The van der Waals surface area contributed by atoms with Crippen LogP contribution in [0.2, 0.25) is 5.02 Å². The normalized spacial score (nSPS) is 10.7. The first-order valence-corrected chi connectivity index (χ1v) is 6.88. The average Bonchev–Trinajstić information content (AvgIpc) is 2.95. The Morgan fingerprint density at radius 1 is 1.08 bits per heavy atom. The summed E-state index contributed by atoms with van der Waals surface area (Å²) >= 11 is 5.77. The van der Waals surface area contributed by atoms with Gasteiger partial charge in [-0.25, -0.2) is 13.2 Å². The summed E-state index contributed by atoms with van der Waals surface area (Å²) in [6.45, 7) is 0.